The first-order chi connectivity index (χ1) is 7.17. The van der Waals surface area contributed by atoms with Gasteiger partial charge in [0.1, 0.15) is 5.75 Å². The van der Waals surface area contributed by atoms with Crippen LogP contribution in [0.15, 0.2) is 24.3 Å². The van der Waals surface area contributed by atoms with Crippen LogP contribution in [0.3, 0.4) is 0 Å². The molecule has 15 heavy (non-hydrogen) atoms. The van der Waals surface area contributed by atoms with E-state index in [1.165, 1.54) is 5.56 Å². The maximum atomic E-state index is 5.77. The molecule has 1 rings (SSSR count). The van der Waals surface area contributed by atoms with E-state index in [0.29, 0.717) is 0 Å². The standard InChI is InChI=1S/C12H17BrO2/c1-9(2)15-12(8-13)10-4-6-11(14-3)7-5-10/h4-7,9,12H,8H2,1-3H3. The Morgan fingerprint density at radius 2 is 1.80 bits per heavy atom. The van der Waals surface area contributed by atoms with Crippen LogP contribution in [-0.2, 0) is 4.74 Å². The molecule has 1 unspecified atom stereocenters. The van der Waals surface area contributed by atoms with Crippen LogP contribution in [0.5, 0.6) is 5.75 Å². The van der Waals surface area contributed by atoms with Crippen molar-refractivity contribution < 1.29 is 9.47 Å². The highest BCUT2D eigenvalue weighted by atomic mass is 79.9. The molecule has 0 aliphatic heterocycles. The highest BCUT2D eigenvalue weighted by Crippen LogP contribution is 2.23. The molecule has 1 aromatic rings. The van der Waals surface area contributed by atoms with E-state index in [4.69, 9.17) is 9.47 Å². The zero-order valence-corrected chi connectivity index (χ0v) is 11.0. The van der Waals surface area contributed by atoms with Gasteiger partial charge in [-0.1, -0.05) is 28.1 Å². The highest BCUT2D eigenvalue weighted by molar-refractivity contribution is 9.09. The molecule has 2 nitrogen and oxygen atoms in total. The number of halogens is 1. The Morgan fingerprint density at radius 3 is 2.20 bits per heavy atom. The summed E-state index contributed by atoms with van der Waals surface area (Å²) in [6.07, 6.45) is 0.338. The van der Waals surface area contributed by atoms with Crippen molar-refractivity contribution in [1.82, 2.24) is 0 Å². The molecule has 0 fully saturated rings. The molecule has 0 aliphatic carbocycles. The first kappa shape index (κ1) is 12.5. The van der Waals surface area contributed by atoms with Crippen LogP contribution in [0, 0.1) is 0 Å². The van der Waals surface area contributed by atoms with Gasteiger partial charge in [0.15, 0.2) is 0 Å². The van der Waals surface area contributed by atoms with E-state index in [0.717, 1.165) is 11.1 Å². The second-order valence-corrected chi connectivity index (χ2v) is 4.25. The van der Waals surface area contributed by atoms with E-state index in [1.807, 2.05) is 38.1 Å². The Hall–Kier alpha value is -0.540. The van der Waals surface area contributed by atoms with Crippen molar-refractivity contribution in [3.05, 3.63) is 29.8 Å². The predicted octanol–water partition coefficient (Wildman–Crippen LogP) is 3.56. The summed E-state index contributed by atoms with van der Waals surface area (Å²) in [5, 5.41) is 0.803. The summed E-state index contributed by atoms with van der Waals surface area (Å²) < 4.78 is 10.9. The third-order valence-electron chi connectivity index (χ3n) is 2.06. The average molecular weight is 273 g/mol. The Bertz CT molecular complexity index is 282. The normalized spacial score (nSPS) is 12.9. The summed E-state index contributed by atoms with van der Waals surface area (Å²) in [5.74, 6) is 0.872. The van der Waals surface area contributed by atoms with E-state index < -0.39 is 0 Å². The quantitative estimate of drug-likeness (QED) is 0.764. The van der Waals surface area contributed by atoms with Crippen LogP contribution in [0.2, 0.25) is 0 Å². The molecule has 0 aliphatic rings. The molecule has 0 saturated heterocycles. The number of alkyl halides is 1. The minimum atomic E-state index is 0.107. The van der Waals surface area contributed by atoms with E-state index >= 15 is 0 Å². The van der Waals surface area contributed by atoms with Crippen LogP contribution < -0.4 is 4.74 Å². The molecule has 1 atom stereocenters. The number of hydrogen-bond acceptors (Lipinski definition) is 2. The summed E-state index contributed by atoms with van der Waals surface area (Å²) in [6.45, 7) is 4.08. The van der Waals surface area contributed by atoms with Gasteiger partial charge in [0.05, 0.1) is 19.3 Å². The second-order valence-electron chi connectivity index (χ2n) is 3.60. The first-order valence-electron chi connectivity index (χ1n) is 5.02. The topological polar surface area (TPSA) is 18.5 Å². The molecule has 0 N–H and O–H groups in total. The molecule has 3 heteroatoms. The molecular formula is C12H17BrO2. The van der Waals surface area contributed by atoms with Crippen molar-refractivity contribution in [1.29, 1.82) is 0 Å². The van der Waals surface area contributed by atoms with Crippen molar-refractivity contribution in [3.63, 3.8) is 0 Å². The Kier molecular flexibility index (Phi) is 5.12. The Labute approximate surface area is 99.7 Å². The first-order valence-corrected chi connectivity index (χ1v) is 6.15. The van der Waals surface area contributed by atoms with Gasteiger partial charge in [0.2, 0.25) is 0 Å². The monoisotopic (exact) mass is 272 g/mol. The van der Waals surface area contributed by atoms with E-state index in [-0.39, 0.29) is 12.2 Å². The van der Waals surface area contributed by atoms with Crippen molar-refractivity contribution >= 4 is 15.9 Å². The molecule has 0 spiro atoms. The zero-order valence-electron chi connectivity index (χ0n) is 9.37. The molecule has 0 amide bonds. The van der Waals surface area contributed by atoms with Crippen molar-refractivity contribution in [2.45, 2.75) is 26.1 Å². The van der Waals surface area contributed by atoms with Gasteiger partial charge >= 0.3 is 0 Å². The second kappa shape index (κ2) is 6.13. The van der Waals surface area contributed by atoms with Crippen LogP contribution in [0.25, 0.3) is 0 Å². The molecule has 84 valence electrons. The van der Waals surface area contributed by atoms with Crippen LogP contribution in [-0.4, -0.2) is 18.5 Å². The molecule has 1 aromatic carbocycles. The Balaban J connectivity index is 2.74. The van der Waals surface area contributed by atoms with Gasteiger partial charge in [-0.25, -0.2) is 0 Å². The molecular weight excluding hydrogens is 256 g/mol. The van der Waals surface area contributed by atoms with Gasteiger partial charge < -0.3 is 9.47 Å². The molecule has 0 heterocycles. The fourth-order valence-electron chi connectivity index (χ4n) is 1.35. The smallest absolute Gasteiger partial charge is 0.118 e. The van der Waals surface area contributed by atoms with Gasteiger partial charge in [0.25, 0.3) is 0 Å². The summed E-state index contributed by atoms with van der Waals surface area (Å²) in [6, 6.07) is 7.98. The maximum absolute atomic E-state index is 5.77. The number of ether oxygens (including phenoxy) is 2. The zero-order chi connectivity index (χ0) is 11.3. The SMILES string of the molecule is COc1ccc(C(CBr)OC(C)C)cc1. The van der Waals surface area contributed by atoms with Crippen molar-refractivity contribution in [2.24, 2.45) is 0 Å². The molecule has 0 radical (unpaired) electrons. The summed E-state index contributed by atoms with van der Waals surface area (Å²) >= 11 is 3.46. The predicted molar refractivity (Wildman–Crippen MR) is 65.8 cm³/mol. The lowest BCUT2D eigenvalue weighted by atomic mass is 10.1. The third kappa shape index (κ3) is 3.84. The lowest BCUT2D eigenvalue weighted by Crippen LogP contribution is -2.11. The minimum Gasteiger partial charge on any atom is -0.497 e. The Morgan fingerprint density at radius 1 is 1.20 bits per heavy atom. The van der Waals surface area contributed by atoms with Crippen LogP contribution in [0.1, 0.15) is 25.5 Å². The summed E-state index contributed by atoms with van der Waals surface area (Å²) in [5.41, 5.74) is 1.17. The lowest BCUT2D eigenvalue weighted by Gasteiger charge is -2.18. The number of rotatable bonds is 5. The molecule has 0 bridgehead atoms. The van der Waals surface area contributed by atoms with E-state index in [1.54, 1.807) is 7.11 Å². The van der Waals surface area contributed by atoms with E-state index in [2.05, 4.69) is 15.9 Å². The van der Waals surface area contributed by atoms with Crippen molar-refractivity contribution in [3.8, 4) is 5.75 Å². The summed E-state index contributed by atoms with van der Waals surface area (Å²) in [4.78, 5) is 0. The third-order valence-corrected chi connectivity index (χ3v) is 2.65. The highest BCUT2D eigenvalue weighted by Gasteiger charge is 2.11. The average Bonchev–Trinajstić information content (AvgIpc) is 2.26. The number of methoxy groups -OCH3 is 1. The lowest BCUT2D eigenvalue weighted by molar-refractivity contribution is 0.0214. The fourth-order valence-corrected chi connectivity index (χ4v) is 1.88. The van der Waals surface area contributed by atoms with Gasteiger partial charge in [0, 0.05) is 5.33 Å². The van der Waals surface area contributed by atoms with Gasteiger partial charge in [-0.2, -0.15) is 0 Å². The summed E-state index contributed by atoms with van der Waals surface area (Å²) in [7, 11) is 1.67. The van der Waals surface area contributed by atoms with Crippen LogP contribution in [0.4, 0.5) is 0 Å². The van der Waals surface area contributed by atoms with Gasteiger partial charge in [-0.15, -0.1) is 0 Å². The fraction of sp³-hybridized carbons (Fsp3) is 0.500. The largest absolute Gasteiger partial charge is 0.497 e. The van der Waals surface area contributed by atoms with Gasteiger partial charge in [-0.3, -0.25) is 0 Å². The minimum absolute atomic E-state index is 0.107. The van der Waals surface area contributed by atoms with E-state index in [9.17, 15) is 0 Å². The number of benzene rings is 1. The maximum Gasteiger partial charge on any atom is 0.118 e. The molecule has 0 saturated carbocycles. The molecule has 0 aromatic heterocycles. The van der Waals surface area contributed by atoms with Crippen molar-refractivity contribution in [2.75, 3.05) is 12.4 Å². The van der Waals surface area contributed by atoms with Crippen LogP contribution >= 0.6 is 15.9 Å². The van der Waals surface area contributed by atoms with Gasteiger partial charge in [-0.05, 0) is 31.5 Å². The number of hydrogen-bond donors (Lipinski definition) is 0.